The predicted molar refractivity (Wildman–Crippen MR) is 99.9 cm³/mol. The van der Waals surface area contributed by atoms with E-state index >= 15 is 0 Å². The number of alkyl halides is 3. The lowest BCUT2D eigenvalue weighted by molar-refractivity contribution is -0.274. The zero-order chi connectivity index (χ0) is 19.9. The minimum Gasteiger partial charge on any atom is -0.423 e. The van der Waals surface area contributed by atoms with Gasteiger partial charge in [-0.1, -0.05) is 48.2 Å². The summed E-state index contributed by atoms with van der Waals surface area (Å²) in [5.74, 6) is 0.00157. The fourth-order valence-corrected chi connectivity index (χ4v) is 2.57. The van der Waals surface area contributed by atoms with E-state index in [1.807, 2.05) is 30.3 Å². The van der Waals surface area contributed by atoms with Gasteiger partial charge in [0.05, 0.1) is 6.21 Å². The molecule has 0 atom stereocenters. The number of amidine groups is 1. The first-order valence-corrected chi connectivity index (χ1v) is 8.52. The van der Waals surface area contributed by atoms with Crippen molar-refractivity contribution in [1.82, 2.24) is 0 Å². The Morgan fingerprint density at radius 3 is 2.52 bits per heavy atom. The van der Waals surface area contributed by atoms with Gasteiger partial charge in [-0.15, -0.1) is 18.3 Å². The van der Waals surface area contributed by atoms with Gasteiger partial charge >= 0.3 is 13.5 Å². The van der Waals surface area contributed by atoms with E-state index in [9.17, 15) is 13.2 Å². The van der Waals surface area contributed by atoms with Crippen LogP contribution in [0.3, 0.4) is 0 Å². The maximum Gasteiger partial charge on any atom is 0.573 e. The number of rotatable bonds is 6. The Kier molecular flexibility index (Phi) is 7.28. The first-order chi connectivity index (χ1) is 12.7. The largest absolute Gasteiger partial charge is 0.573 e. The number of halogens is 3. The number of benzene rings is 2. The molecular weight excluding hydrogens is 382 g/mol. The average molecular weight is 397 g/mol. The van der Waals surface area contributed by atoms with Crippen molar-refractivity contribution in [2.75, 3.05) is 0 Å². The van der Waals surface area contributed by atoms with Crippen molar-refractivity contribution in [3.05, 3.63) is 59.7 Å². The fraction of sp³-hybridized carbons (Fsp3) is 0.125. The third-order valence-electron chi connectivity index (χ3n) is 3.14. The van der Waals surface area contributed by atoms with E-state index < -0.39 is 19.2 Å². The van der Waals surface area contributed by atoms with Crippen LogP contribution in [0.25, 0.3) is 0 Å². The molecule has 0 aliphatic rings. The summed E-state index contributed by atoms with van der Waals surface area (Å²) in [4.78, 5) is 0. The van der Waals surface area contributed by atoms with Crippen LogP contribution in [0, 0.1) is 0 Å². The Bertz CT molecular complexity index is 818. The van der Waals surface area contributed by atoms with Gasteiger partial charge in [0.25, 0.3) is 0 Å². The molecule has 4 N–H and O–H groups in total. The Balaban J connectivity index is 2.11. The first-order valence-electron chi connectivity index (χ1n) is 7.53. The highest BCUT2D eigenvalue weighted by atomic mass is 32.2. The molecule has 0 amide bonds. The van der Waals surface area contributed by atoms with Crippen molar-refractivity contribution < 1.29 is 28.0 Å². The van der Waals surface area contributed by atoms with Crippen LogP contribution >= 0.6 is 11.8 Å². The second kappa shape index (κ2) is 9.44. The molecule has 0 bridgehead atoms. The van der Waals surface area contributed by atoms with Crippen LogP contribution in [-0.2, 0) is 5.75 Å². The number of thioether (sulfide) groups is 1. The maximum atomic E-state index is 12.5. The number of hydrogen-bond acceptors (Lipinski definition) is 6. The van der Waals surface area contributed by atoms with Crippen LogP contribution in [-0.4, -0.2) is 34.9 Å². The molecule has 27 heavy (non-hydrogen) atoms. The molecule has 142 valence electrons. The van der Waals surface area contributed by atoms with Crippen LogP contribution in [0.4, 0.5) is 13.2 Å². The molecule has 0 aliphatic heterocycles. The smallest absolute Gasteiger partial charge is 0.423 e. The van der Waals surface area contributed by atoms with Crippen molar-refractivity contribution in [3.63, 3.8) is 0 Å². The standard InChI is InChI=1S/C16H15BF3N3O3S/c18-16(19,20)26-14-7-6-13(17(24)25)8-12(14)9-22-23-15(21)27-10-11-4-2-1-3-5-11/h1-9,24-25H,10H2,(H2,21,23). The van der Waals surface area contributed by atoms with Crippen molar-refractivity contribution in [1.29, 1.82) is 0 Å². The summed E-state index contributed by atoms with van der Waals surface area (Å²) in [6, 6.07) is 12.6. The number of nitrogens with zero attached hydrogens (tertiary/aromatic N) is 2. The van der Waals surface area contributed by atoms with E-state index in [-0.39, 0.29) is 16.2 Å². The van der Waals surface area contributed by atoms with Crippen LogP contribution in [0.5, 0.6) is 5.75 Å². The van der Waals surface area contributed by atoms with Crippen molar-refractivity contribution in [2.45, 2.75) is 12.1 Å². The lowest BCUT2D eigenvalue weighted by Crippen LogP contribution is -2.30. The molecule has 0 aromatic heterocycles. The van der Waals surface area contributed by atoms with Crippen LogP contribution in [0.2, 0.25) is 0 Å². The summed E-state index contributed by atoms with van der Waals surface area (Å²) in [7, 11) is -1.85. The van der Waals surface area contributed by atoms with Gasteiger partial charge in [0.2, 0.25) is 0 Å². The zero-order valence-electron chi connectivity index (χ0n) is 13.8. The summed E-state index contributed by atoms with van der Waals surface area (Å²) in [5.41, 5.74) is 6.57. The molecule has 0 fully saturated rings. The van der Waals surface area contributed by atoms with Gasteiger partial charge in [-0.05, 0) is 23.2 Å². The second-order valence-electron chi connectivity index (χ2n) is 5.18. The quantitative estimate of drug-likeness (QED) is 0.299. The summed E-state index contributed by atoms with van der Waals surface area (Å²) >= 11 is 1.21. The Morgan fingerprint density at radius 2 is 1.89 bits per heavy atom. The van der Waals surface area contributed by atoms with Gasteiger partial charge in [-0.25, -0.2) is 0 Å². The third kappa shape index (κ3) is 7.33. The van der Waals surface area contributed by atoms with E-state index in [1.165, 1.54) is 11.8 Å². The summed E-state index contributed by atoms with van der Waals surface area (Å²) in [6.45, 7) is 0. The summed E-state index contributed by atoms with van der Waals surface area (Å²) < 4.78 is 41.3. The van der Waals surface area contributed by atoms with Gasteiger partial charge in [-0.3, -0.25) is 0 Å². The molecule has 0 aliphatic carbocycles. The molecule has 11 heteroatoms. The Labute approximate surface area is 157 Å². The number of hydrogen-bond donors (Lipinski definition) is 3. The van der Waals surface area contributed by atoms with Crippen molar-refractivity contribution >= 4 is 35.7 Å². The molecule has 0 unspecified atom stereocenters. The molecule has 2 aromatic carbocycles. The Hall–Kier alpha value is -2.50. The highest BCUT2D eigenvalue weighted by Crippen LogP contribution is 2.25. The number of nitrogens with two attached hydrogens (primary N) is 1. The molecule has 0 spiro atoms. The van der Waals surface area contributed by atoms with E-state index in [4.69, 9.17) is 15.8 Å². The fourth-order valence-electron chi connectivity index (χ4n) is 1.95. The molecule has 2 rings (SSSR count). The number of ether oxygens (including phenoxy) is 1. The van der Waals surface area contributed by atoms with Crippen LogP contribution < -0.4 is 15.9 Å². The van der Waals surface area contributed by atoms with Gasteiger partial charge in [-0.2, -0.15) is 5.10 Å². The lowest BCUT2D eigenvalue weighted by Gasteiger charge is -2.12. The monoisotopic (exact) mass is 397 g/mol. The minimum absolute atomic E-state index is 0.0265. The molecule has 0 saturated heterocycles. The van der Waals surface area contributed by atoms with Crippen molar-refractivity contribution in [2.24, 2.45) is 15.9 Å². The summed E-state index contributed by atoms with van der Waals surface area (Å²) in [6.07, 6.45) is -3.92. The molecule has 6 nitrogen and oxygen atoms in total. The van der Waals surface area contributed by atoms with E-state index in [0.29, 0.717) is 5.75 Å². The highest BCUT2D eigenvalue weighted by molar-refractivity contribution is 8.13. The summed E-state index contributed by atoms with van der Waals surface area (Å²) in [5, 5.41) is 25.8. The van der Waals surface area contributed by atoms with Gasteiger partial charge in [0.1, 0.15) is 5.75 Å². The second-order valence-corrected chi connectivity index (χ2v) is 6.17. The zero-order valence-corrected chi connectivity index (χ0v) is 14.6. The normalized spacial score (nSPS) is 12.4. The van der Waals surface area contributed by atoms with E-state index in [0.717, 1.165) is 30.0 Å². The topological polar surface area (TPSA) is 100 Å². The van der Waals surface area contributed by atoms with Gasteiger partial charge in [0, 0.05) is 11.3 Å². The third-order valence-corrected chi connectivity index (χ3v) is 4.00. The van der Waals surface area contributed by atoms with Crippen molar-refractivity contribution in [3.8, 4) is 5.75 Å². The van der Waals surface area contributed by atoms with Crippen LogP contribution in [0.15, 0.2) is 58.7 Å². The molecule has 0 heterocycles. The van der Waals surface area contributed by atoms with E-state index in [2.05, 4.69) is 14.9 Å². The average Bonchev–Trinajstić information content (AvgIpc) is 2.60. The first kappa shape index (κ1) is 20.8. The SMILES string of the molecule is NC(=NN=Cc1cc(B(O)O)ccc1OC(F)(F)F)SCc1ccccc1. The van der Waals surface area contributed by atoms with E-state index in [1.54, 1.807) is 0 Å². The van der Waals surface area contributed by atoms with Gasteiger partial charge < -0.3 is 20.5 Å². The minimum atomic E-state index is -4.91. The molecule has 2 aromatic rings. The maximum absolute atomic E-state index is 12.5. The van der Waals surface area contributed by atoms with Gasteiger partial charge in [0.15, 0.2) is 5.17 Å². The lowest BCUT2D eigenvalue weighted by atomic mass is 9.79. The van der Waals surface area contributed by atoms with Crippen LogP contribution in [0.1, 0.15) is 11.1 Å². The predicted octanol–water partition coefficient (Wildman–Crippen LogP) is 1.85. The molecule has 0 saturated carbocycles. The Morgan fingerprint density at radius 1 is 1.19 bits per heavy atom. The molecular formula is C16H15BF3N3O3S. The highest BCUT2D eigenvalue weighted by Gasteiger charge is 2.32. The molecule has 0 radical (unpaired) electrons.